The zero-order valence-corrected chi connectivity index (χ0v) is 20.2. The molecule has 6 rings (SSSR count). The van der Waals surface area contributed by atoms with Crippen LogP contribution in [0, 0.1) is 23.1 Å². The number of rotatable bonds is 8. The Morgan fingerprint density at radius 1 is 1.12 bits per heavy atom. The highest BCUT2D eigenvalue weighted by Gasteiger charge is 2.58. The Hall–Kier alpha value is -1.12. The minimum atomic E-state index is -3.68. The second-order valence-electron chi connectivity index (χ2n) is 10.7. The van der Waals surface area contributed by atoms with Gasteiger partial charge in [0.2, 0.25) is 15.9 Å². The monoisotopic (exact) mass is 480 g/mol. The first kappa shape index (κ1) is 22.7. The highest BCUT2D eigenvalue weighted by atomic mass is 32.2. The molecule has 1 aliphatic heterocycles. The topological polar surface area (TPSA) is 66.5 Å². The van der Waals surface area contributed by atoms with Crippen molar-refractivity contribution in [3.63, 3.8) is 0 Å². The van der Waals surface area contributed by atoms with Crippen molar-refractivity contribution in [2.75, 3.05) is 18.2 Å². The summed E-state index contributed by atoms with van der Waals surface area (Å²) in [5.74, 6) is 2.89. The second-order valence-corrected chi connectivity index (χ2v) is 13.5. The molecule has 0 radical (unpaired) electrons. The lowest BCUT2D eigenvalue weighted by Crippen LogP contribution is -2.63. The third-order valence-corrected chi connectivity index (χ3v) is 10.7. The van der Waals surface area contributed by atoms with Crippen LogP contribution in [-0.2, 0) is 14.8 Å². The summed E-state index contributed by atoms with van der Waals surface area (Å²) in [7, 11) is -3.68. The fraction of sp³-hybridized carbons (Fsp3) is 0.708. The first-order valence-corrected chi connectivity index (χ1v) is 14.6. The predicted octanol–water partition coefficient (Wildman–Crippen LogP) is 4.54. The van der Waals surface area contributed by atoms with Crippen molar-refractivity contribution in [2.45, 2.75) is 74.6 Å². The molecule has 4 saturated carbocycles. The maximum atomic E-state index is 13.3. The van der Waals surface area contributed by atoms with Crippen molar-refractivity contribution in [1.29, 1.82) is 0 Å². The van der Waals surface area contributed by atoms with E-state index in [1.165, 1.54) is 43.5 Å². The number of carbonyl (C=O) groups is 1. The highest BCUT2D eigenvalue weighted by Crippen LogP contribution is 2.63. The molecule has 2 atom stereocenters. The van der Waals surface area contributed by atoms with Crippen LogP contribution in [0.5, 0.6) is 0 Å². The van der Waals surface area contributed by atoms with Crippen molar-refractivity contribution in [3.8, 4) is 0 Å². The Balaban J connectivity index is 1.23. The average molecular weight is 481 g/mol. The first-order valence-electron chi connectivity index (χ1n) is 11.9. The van der Waals surface area contributed by atoms with E-state index in [1.54, 1.807) is 0 Å². The molecule has 32 heavy (non-hydrogen) atoms. The van der Waals surface area contributed by atoms with Crippen LogP contribution in [0.25, 0.3) is 0 Å². The molecule has 5 nitrogen and oxygen atoms in total. The summed E-state index contributed by atoms with van der Waals surface area (Å²) in [5, 5.41) is 0. The maximum absolute atomic E-state index is 13.3. The standard InChI is InChI=1S/C24H33FN2O3S2/c25-20-4-6-21(7-5-20)32(29,30)26-24-14-18-11-19(15-24)13-23(12-18,16-24)8-2-1-3-22(28)27-9-10-31-17-27/h4-7,18-19,26H,1-3,8-17H2. The molecular formula is C24H33FN2O3S2. The first-order chi connectivity index (χ1) is 15.3. The summed E-state index contributed by atoms with van der Waals surface area (Å²) in [6.45, 7) is 0.882. The van der Waals surface area contributed by atoms with E-state index in [1.807, 2.05) is 16.7 Å². The molecule has 4 bridgehead atoms. The number of sulfonamides is 1. The number of thioether (sulfide) groups is 1. The minimum Gasteiger partial charge on any atom is -0.333 e. The fourth-order valence-electron chi connectivity index (χ4n) is 7.37. The Morgan fingerprint density at radius 3 is 2.50 bits per heavy atom. The summed E-state index contributed by atoms with van der Waals surface area (Å²) in [5.41, 5.74) is -0.179. The lowest BCUT2D eigenvalue weighted by atomic mass is 9.46. The Morgan fingerprint density at radius 2 is 1.84 bits per heavy atom. The van der Waals surface area contributed by atoms with Crippen molar-refractivity contribution >= 4 is 27.7 Å². The van der Waals surface area contributed by atoms with Gasteiger partial charge in [-0.15, -0.1) is 11.8 Å². The molecule has 5 aliphatic rings. The minimum absolute atomic E-state index is 0.141. The quantitative estimate of drug-likeness (QED) is 0.555. The molecule has 0 aromatic heterocycles. The van der Waals surface area contributed by atoms with Gasteiger partial charge >= 0.3 is 0 Å². The number of unbranched alkanes of at least 4 members (excludes halogenated alkanes) is 1. The zero-order valence-electron chi connectivity index (χ0n) is 18.5. The summed E-state index contributed by atoms with van der Waals surface area (Å²) in [6, 6.07) is 5.11. The van der Waals surface area contributed by atoms with E-state index in [4.69, 9.17) is 0 Å². The average Bonchev–Trinajstić information content (AvgIpc) is 3.24. The molecule has 2 unspecified atom stereocenters. The molecule has 1 aromatic carbocycles. The van der Waals surface area contributed by atoms with Crippen molar-refractivity contribution in [3.05, 3.63) is 30.1 Å². The predicted molar refractivity (Wildman–Crippen MR) is 124 cm³/mol. The van der Waals surface area contributed by atoms with Gasteiger partial charge in [0.1, 0.15) is 5.82 Å². The molecule has 1 heterocycles. The molecular weight excluding hydrogens is 447 g/mol. The van der Waals surface area contributed by atoms with Crippen LogP contribution in [0.1, 0.15) is 64.2 Å². The molecule has 5 fully saturated rings. The van der Waals surface area contributed by atoms with Crippen LogP contribution in [0.3, 0.4) is 0 Å². The van der Waals surface area contributed by atoms with Gasteiger partial charge in [-0.3, -0.25) is 4.79 Å². The number of amides is 1. The van der Waals surface area contributed by atoms with Crippen molar-refractivity contribution in [1.82, 2.24) is 9.62 Å². The van der Waals surface area contributed by atoms with Crippen LogP contribution < -0.4 is 4.72 Å². The third-order valence-electron chi connectivity index (χ3n) is 8.11. The second kappa shape index (κ2) is 8.58. The van der Waals surface area contributed by atoms with Gasteiger partial charge in [0, 0.05) is 24.3 Å². The van der Waals surface area contributed by atoms with Crippen LogP contribution in [0.15, 0.2) is 29.2 Å². The van der Waals surface area contributed by atoms with E-state index < -0.39 is 15.8 Å². The van der Waals surface area contributed by atoms with Gasteiger partial charge in [-0.25, -0.2) is 17.5 Å². The van der Waals surface area contributed by atoms with Gasteiger partial charge in [-0.1, -0.05) is 6.42 Å². The zero-order chi connectivity index (χ0) is 22.4. The molecule has 4 aliphatic carbocycles. The van der Waals surface area contributed by atoms with E-state index in [-0.39, 0.29) is 21.8 Å². The summed E-state index contributed by atoms with van der Waals surface area (Å²) in [6.07, 6.45) is 10.00. The summed E-state index contributed by atoms with van der Waals surface area (Å²) < 4.78 is 42.6. The lowest BCUT2D eigenvalue weighted by Gasteiger charge is -2.62. The van der Waals surface area contributed by atoms with E-state index >= 15 is 0 Å². The van der Waals surface area contributed by atoms with Crippen LogP contribution >= 0.6 is 11.8 Å². The number of nitrogens with zero attached hydrogens (tertiary/aromatic N) is 1. The number of benzene rings is 1. The van der Waals surface area contributed by atoms with Gasteiger partial charge in [0.25, 0.3) is 0 Å². The van der Waals surface area contributed by atoms with Gasteiger partial charge in [0.15, 0.2) is 0 Å². The molecule has 1 amide bonds. The number of hydrogen-bond acceptors (Lipinski definition) is 4. The molecule has 8 heteroatoms. The normalized spacial score (nSPS) is 33.7. The lowest BCUT2D eigenvalue weighted by molar-refractivity contribution is -0.130. The molecule has 1 aromatic rings. The summed E-state index contributed by atoms with van der Waals surface area (Å²) in [4.78, 5) is 14.5. The van der Waals surface area contributed by atoms with Crippen molar-refractivity contribution < 1.29 is 17.6 Å². The van der Waals surface area contributed by atoms with Crippen molar-refractivity contribution in [2.24, 2.45) is 17.3 Å². The van der Waals surface area contributed by atoms with Crippen LogP contribution in [0.2, 0.25) is 0 Å². The van der Waals surface area contributed by atoms with E-state index in [0.29, 0.717) is 18.3 Å². The fourth-order valence-corrected chi connectivity index (χ4v) is 9.76. The van der Waals surface area contributed by atoms with Gasteiger partial charge in [-0.2, -0.15) is 0 Å². The maximum Gasteiger partial charge on any atom is 0.241 e. The van der Waals surface area contributed by atoms with Crippen LogP contribution in [-0.4, -0.2) is 42.9 Å². The van der Waals surface area contributed by atoms with E-state index in [0.717, 1.165) is 56.7 Å². The Bertz CT molecular complexity index is 946. The van der Waals surface area contributed by atoms with Crippen LogP contribution in [0.4, 0.5) is 4.39 Å². The molecule has 176 valence electrons. The van der Waals surface area contributed by atoms with Gasteiger partial charge < -0.3 is 4.90 Å². The molecule has 1 N–H and O–H groups in total. The van der Waals surface area contributed by atoms with E-state index in [2.05, 4.69) is 4.72 Å². The van der Waals surface area contributed by atoms with Gasteiger partial charge in [-0.05, 0) is 92.9 Å². The van der Waals surface area contributed by atoms with Gasteiger partial charge in [0.05, 0.1) is 10.8 Å². The largest absolute Gasteiger partial charge is 0.333 e. The highest BCUT2D eigenvalue weighted by molar-refractivity contribution is 7.99. The number of carbonyl (C=O) groups excluding carboxylic acids is 1. The Kier molecular flexibility index (Phi) is 6.08. The Labute approximate surface area is 194 Å². The molecule has 0 spiro atoms. The smallest absolute Gasteiger partial charge is 0.241 e. The summed E-state index contributed by atoms with van der Waals surface area (Å²) >= 11 is 1.82. The SMILES string of the molecule is O=C(CCCCC12CC3CC(C1)CC(NS(=O)(=O)c1ccc(F)cc1)(C3)C2)N1CCSC1. The third kappa shape index (κ3) is 4.60. The number of halogens is 1. The van der Waals surface area contributed by atoms with E-state index in [9.17, 15) is 17.6 Å². The molecule has 1 saturated heterocycles. The number of nitrogens with one attached hydrogen (secondary N) is 1. The number of hydrogen-bond donors (Lipinski definition) is 1.